The van der Waals surface area contributed by atoms with Crippen molar-refractivity contribution in [3.05, 3.63) is 52.2 Å². The van der Waals surface area contributed by atoms with Crippen LogP contribution in [0.15, 0.2) is 47.2 Å². The Kier molecular flexibility index (Phi) is 4.52. The van der Waals surface area contributed by atoms with Crippen LogP contribution in [0.25, 0.3) is 10.6 Å². The van der Waals surface area contributed by atoms with Crippen LogP contribution in [0.1, 0.15) is 11.4 Å². The second-order valence-corrected chi connectivity index (χ2v) is 6.52. The molecule has 3 rings (SSSR count). The molecule has 0 unspecified atom stereocenters. The summed E-state index contributed by atoms with van der Waals surface area (Å²) in [6.07, 6.45) is 1.89. The van der Waals surface area contributed by atoms with Crippen molar-refractivity contribution in [1.29, 1.82) is 0 Å². The molecular formula is C16H16N2OS2. The van der Waals surface area contributed by atoms with Gasteiger partial charge in [-0.25, -0.2) is 4.98 Å². The van der Waals surface area contributed by atoms with Gasteiger partial charge in [0.1, 0.15) is 5.75 Å². The first-order chi connectivity index (χ1) is 10.3. The zero-order chi connectivity index (χ0) is 14.5. The molecule has 2 N–H and O–H groups in total. The lowest BCUT2D eigenvalue weighted by Gasteiger charge is -2.05. The molecule has 3 nitrogen and oxygen atoms in total. The Labute approximate surface area is 132 Å². The highest BCUT2D eigenvalue weighted by atomic mass is 32.1. The zero-order valence-electron chi connectivity index (χ0n) is 11.5. The molecule has 21 heavy (non-hydrogen) atoms. The third-order valence-corrected chi connectivity index (χ3v) is 4.79. The standard InChI is InChI=1S/C16H16N2OS2/c17-12-4-1-5-13(10-12)19-8-2-7-16-18-14(11-21-16)15-6-3-9-20-15/h1,3-6,9-11H,2,7-8,17H2. The van der Waals surface area contributed by atoms with E-state index in [1.54, 1.807) is 22.7 Å². The number of rotatable bonds is 6. The van der Waals surface area contributed by atoms with E-state index in [2.05, 4.69) is 27.9 Å². The molecule has 2 aromatic heterocycles. The molecule has 2 heterocycles. The minimum Gasteiger partial charge on any atom is -0.494 e. The normalized spacial score (nSPS) is 10.7. The van der Waals surface area contributed by atoms with Crippen LogP contribution in [0.5, 0.6) is 5.75 Å². The van der Waals surface area contributed by atoms with Crippen molar-refractivity contribution in [3.8, 4) is 16.3 Å². The second kappa shape index (κ2) is 6.74. The third kappa shape index (κ3) is 3.83. The largest absolute Gasteiger partial charge is 0.494 e. The number of aromatic nitrogens is 1. The average molecular weight is 316 g/mol. The maximum atomic E-state index is 5.72. The fraction of sp³-hybridized carbons (Fsp3) is 0.188. The van der Waals surface area contributed by atoms with Gasteiger partial charge in [-0.05, 0) is 30.0 Å². The second-order valence-electron chi connectivity index (χ2n) is 4.63. The van der Waals surface area contributed by atoms with Crippen molar-refractivity contribution in [2.75, 3.05) is 12.3 Å². The summed E-state index contributed by atoms with van der Waals surface area (Å²) in [4.78, 5) is 5.89. The first-order valence-corrected chi connectivity index (χ1v) is 8.54. The molecule has 0 aliphatic carbocycles. The molecule has 0 aliphatic heterocycles. The molecular weight excluding hydrogens is 300 g/mol. The van der Waals surface area contributed by atoms with E-state index in [1.165, 1.54) is 4.88 Å². The Morgan fingerprint density at radius 1 is 1.14 bits per heavy atom. The number of nitrogens with two attached hydrogens (primary N) is 1. The third-order valence-electron chi connectivity index (χ3n) is 2.99. The molecule has 108 valence electrons. The van der Waals surface area contributed by atoms with Gasteiger partial charge in [0.25, 0.3) is 0 Å². The Balaban J connectivity index is 1.48. The summed E-state index contributed by atoms with van der Waals surface area (Å²) in [7, 11) is 0. The van der Waals surface area contributed by atoms with Gasteiger partial charge in [-0.3, -0.25) is 0 Å². The predicted octanol–water partition coefficient (Wildman–Crippen LogP) is 4.47. The minimum atomic E-state index is 0.678. The summed E-state index contributed by atoms with van der Waals surface area (Å²) < 4.78 is 5.69. The number of anilines is 1. The molecule has 0 bridgehead atoms. The SMILES string of the molecule is Nc1cccc(OCCCc2nc(-c3cccs3)cs2)c1. The lowest BCUT2D eigenvalue weighted by atomic mass is 10.3. The van der Waals surface area contributed by atoms with Crippen molar-refractivity contribution < 1.29 is 4.74 Å². The highest BCUT2D eigenvalue weighted by molar-refractivity contribution is 7.14. The summed E-state index contributed by atoms with van der Waals surface area (Å²) in [6.45, 7) is 0.678. The van der Waals surface area contributed by atoms with Gasteiger partial charge < -0.3 is 10.5 Å². The maximum Gasteiger partial charge on any atom is 0.121 e. The van der Waals surface area contributed by atoms with E-state index in [-0.39, 0.29) is 0 Å². The predicted molar refractivity (Wildman–Crippen MR) is 90.1 cm³/mol. The number of thiophene rings is 1. The van der Waals surface area contributed by atoms with Crippen LogP contribution in [-0.4, -0.2) is 11.6 Å². The van der Waals surface area contributed by atoms with E-state index in [9.17, 15) is 0 Å². The van der Waals surface area contributed by atoms with Crippen molar-refractivity contribution >= 4 is 28.4 Å². The van der Waals surface area contributed by atoms with Gasteiger partial charge in [0.15, 0.2) is 0 Å². The van der Waals surface area contributed by atoms with Gasteiger partial charge >= 0.3 is 0 Å². The number of benzene rings is 1. The van der Waals surface area contributed by atoms with Crippen LogP contribution >= 0.6 is 22.7 Å². The van der Waals surface area contributed by atoms with Crippen LogP contribution in [0.4, 0.5) is 5.69 Å². The van der Waals surface area contributed by atoms with Crippen LogP contribution < -0.4 is 10.5 Å². The van der Waals surface area contributed by atoms with Crippen LogP contribution in [0, 0.1) is 0 Å². The quantitative estimate of drug-likeness (QED) is 0.539. The van der Waals surface area contributed by atoms with Crippen molar-refractivity contribution in [3.63, 3.8) is 0 Å². The fourth-order valence-electron chi connectivity index (χ4n) is 1.98. The van der Waals surface area contributed by atoms with Gasteiger partial charge in [-0.15, -0.1) is 22.7 Å². The number of nitrogens with zero attached hydrogens (tertiary/aromatic N) is 1. The van der Waals surface area contributed by atoms with E-state index in [1.807, 2.05) is 24.3 Å². The Hall–Kier alpha value is -1.85. The molecule has 0 atom stereocenters. The Morgan fingerprint density at radius 2 is 2.10 bits per heavy atom. The lowest BCUT2D eigenvalue weighted by molar-refractivity contribution is 0.311. The number of aryl methyl sites for hydroxylation is 1. The van der Waals surface area contributed by atoms with Gasteiger partial charge in [0.05, 0.1) is 22.2 Å². The number of thiazole rings is 1. The Bertz CT molecular complexity index is 692. The van der Waals surface area contributed by atoms with Crippen LogP contribution in [-0.2, 0) is 6.42 Å². The molecule has 0 amide bonds. The summed E-state index contributed by atoms with van der Waals surface area (Å²) in [5, 5.41) is 5.36. The minimum absolute atomic E-state index is 0.678. The summed E-state index contributed by atoms with van der Waals surface area (Å²) >= 11 is 3.44. The number of ether oxygens (including phenoxy) is 1. The first-order valence-electron chi connectivity index (χ1n) is 6.78. The van der Waals surface area contributed by atoms with Crippen molar-refractivity contribution in [1.82, 2.24) is 4.98 Å². The zero-order valence-corrected chi connectivity index (χ0v) is 13.1. The monoisotopic (exact) mass is 316 g/mol. The molecule has 0 fully saturated rings. The van der Waals surface area contributed by atoms with Crippen LogP contribution in [0.3, 0.4) is 0 Å². The molecule has 0 radical (unpaired) electrons. The van der Waals surface area contributed by atoms with E-state index >= 15 is 0 Å². The smallest absolute Gasteiger partial charge is 0.121 e. The summed E-state index contributed by atoms with van der Waals surface area (Å²) in [5.41, 5.74) is 7.53. The van der Waals surface area contributed by atoms with Gasteiger partial charge in [-0.1, -0.05) is 12.1 Å². The first kappa shape index (κ1) is 14.1. The highest BCUT2D eigenvalue weighted by Crippen LogP contribution is 2.26. The molecule has 0 saturated carbocycles. The van der Waals surface area contributed by atoms with Crippen molar-refractivity contribution in [2.24, 2.45) is 0 Å². The van der Waals surface area contributed by atoms with Gasteiger partial charge in [0.2, 0.25) is 0 Å². The molecule has 0 saturated heterocycles. The number of hydrogen-bond donors (Lipinski definition) is 1. The number of hydrogen-bond acceptors (Lipinski definition) is 5. The Morgan fingerprint density at radius 3 is 2.90 bits per heavy atom. The lowest BCUT2D eigenvalue weighted by Crippen LogP contribution is -1.99. The molecule has 1 aromatic carbocycles. The van der Waals surface area contributed by atoms with Gasteiger partial charge in [-0.2, -0.15) is 0 Å². The highest BCUT2D eigenvalue weighted by Gasteiger charge is 2.05. The number of nitrogen functional groups attached to an aromatic ring is 1. The van der Waals surface area contributed by atoms with E-state index in [0.717, 1.165) is 35.0 Å². The van der Waals surface area contributed by atoms with Crippen molar-refractivity contribution in [2.45, 2.75) is 12.8 Å². The average Bonchev–Trinajstić information content (AvgIpc) is 3.14. The summed E-state index contributed by atoms with van der Waals surface area (Å²) in [6, 6.07) is 11.7. The van der Waals surface area contributed by atoms with Gasteiger partial charge in [0, 0.05) is 23.6 Å². The summed E-state index contributed by atoms with van der Waals surface area (Å²) in [5.74, 6) is 0.827. The molecule has 0 aliphatic rings. The van der Waals surface area contributed by atoms with E-state index in [4.69, 9.17) is 10.5 Å². The maximum absolute atomic E-state index is 5.72. The topological polar surface area (TPSA) is 48.1 Å². The van der Waals surface area contributed by atoms with E-state index < -0.39 is 0 Å². The molecule has 3 aromatic rings. The van der Waals surface area contributed by atoms with Crippen LogP contribution in [0.2, 0.25) is 0 Å². The van der Waals surface area contributed by atoms with E-state index in [0.29, 0.717) is 6.61 Å². The molecule has 0 spiro atoms. The molecule has 5 heteroatoms. The fourth-order valence-corrected chi connectivity index (χ4v) is 3.58.